The van der Waals surface area contributed by atoms with E-state index in [0.29, 0.717) is 36.6 Å². The summed E-state index contributed by atoms with van der Waals surface area (Å²) in [5.74, 6) is 1.46. The highest BCUT2D eigenvalue weighted by Gasteiger charge is 2.42. The second kappa shape index (κ2) is 24.5. The van der Waals surface area contributed by atoms with Crippen molar-refractivity contribution in [2.75, 3.05) is 13.1 Å². The summed E-state index contributed by atoms with van der Waals surface area (Å²) in [6.45, 7) is 9.95. The van der Waals surface area contributed by atoms with E-state index in [1.807, 2.05) is 9.80 Å². The lowest BCUT2D eigenvalue weighted by Gasteiger charge is -2.24. The van der Waals surface area contributed by atoms with Crippen molar-refractivity contribution in [1.29, 1.82) is 0 Å². The highest BCUT2D eigenvalue weighted by atomic mass is 35.6. The Morgan fingerprint density at radius 2 is 0.859 bits per heavy atom. The Labute approximate surface area is 422 Å². The molecule has 0 bridgehead atoms. The van der Waals surface area contributed by atoms with Gasteiger partial charge in [-0.05, 0) is 84.0 Å². The number of rotatable bonds is 16. The predicted octanol–water partition coefficient (Wildman–Crippen LogP) is 17.1. The van der Waals surface area contributed by atoms with Crippen LogP contribution in [0.4, 0.5) is 0 Å². The van der Waals surface area contributed by atoms with Crippen molar-refractivity contribution in [3.8, 4) is 19.5 Å². The maximum absolute atomic E-state index is 14.7. The van der Waals surface area contributed by atoms with E-state index in [1.165, 1.54) is 29.9 Å². The largest absolute Gasteiger partial charge is 0.290 e. The van der Waals surface area contributed by atoms with Crippen LogP contribution >= 0.6 is 115 Å². The van der Waals surface area contributed by atoms with E-state index in [0.717, 1.165) is 70.9 Å². The molecule has 340 valence electrons. The molecule has 0 aliphatic carbocycles. The summed E-state index contributed by atoms with van der Waals surface area (Å²) in [6, 6.07) is 29.8. The first kappa shape index (κ1) is 50.9. The number of alkyl halides is 6. The summed E-state index contributed by atoms with van der Waals surface area (Å²) in [7, 11) is 0. The number of unbranched alkanes of at least 4 members (excludes halogenated alkanes) is 2. The van der Waals surface area contributed by atoms with Crippen molar-refractivity contribution >= 4 is 159 Å². The molecule has 64 heavy (non-hydrogen) atoms. The van der Waals surface area contributed by atoms with Crippen LogP contribution in [0.1, 0.15) is 88.8 Å². The molecule has 0 fully saturated rings. The molecule has 8 rings (SSSR count). The summed E-state index contributed by atoms with van der Waals surface area (Å²) in [5.41, 5.74) is 0.324. The maximum atomic E-state index is 14.7. The zero-order valence-electron chi connectivity index (χ0n) is 36.0. The van der Waals surface area contributed by atoms with Gasteiger partial charge in [0.05, 0.1) is 9.75 Å². The average Bonchev–Trinajstić information content (AvgIpc) is 4.14. The molecule has 0 radical (unpaired) electrons. The third kappa shape index (κ3) is 12.9. The van der Waals surface area contributed by atoms with Crippen molar-refractivity contribution in [3.05, 3.63) is 106 Å². The number of benzene rings is 2. The molecule has 16 heteroatoms. The topological polar surface area (TPSA) is 65.3 Å². The molecule has 0 saturated heterocycles. The number of hydrogen-bond donors (Lipinski definition) is 0. The quantitative estimate of drug-likeness (QED) is 0.0716. The lowest BCUT2D eigenvalue weighted by atomic mass is 9.98. The van der Waals surface area contributed by atoms with Crippen LogP contribution in [0.2, 0.25) is 0 Å². The van der Waals surface area contributed by atoms with Crippen LogP contribution < -0.4 is 0 Å². The number of amides is 2. The van der Waals surface area contributed by atoms with Gasteiger partial charge in [-0.3, -0.25) is 19.4 Å². The molecule has 0 unspecified atom stereocenters. The third-order valence-corrected chi connectivity index (χ3v) is 15.8. The molecule has 2 aromatic carbocycles. The smallest absolute Gasteiger partial charge is 0.280 e. The first-order valence-electron chi connectivity index (χ1n) is 21.4. The van der Waals surface area contributed by atoms with Crippen molar-refractivity contribution < 1.29 is 9.59 Å². The Hall–Kier alpha value is -2.48. The van der Waals surface area contributed by atoms with Crippen molar-refractivity contribution in [2.24, 2.45) is 21.8 Å². The van der Waals surface area contributed by atoms with Gasteiger partial charge in [0.15, 0.2) is 31.7 Å². The summed E-state index contributed by atoms with van der Waals surface area (Å²) >= 11 is 35.7. The predicted molar refractivity (Wildman–Crippen MR) is 283 cm³/mol. The van der Waals surface area contributed by atoms with Gasteiger partial charge in [-0.1, -0.05) is 172 Å². The van der Waals surface area contributed by atoms with Crippen molar-refractivity contribution in [2.45, 2.75) is 87.7 Å². The molecule has 2 atom stereocenters. The number of carbonyl (C=O) groups is 2. The standard InChI is InChI=1S/C46H48N4O2S4.2CHCl3/c1-5-9-15-29(7-3)27-49-43(37-23-21-35(55-37)39-25-31-17-11-13-19-33(31)53-39)47-41(45(49)51)42-46(52)50(28-30(8-4)16-10-6-2)44(48-42)38-24-22-36(56-38)40-26-32-18-12-14-20-34(32)54-40;2*2-1(3)4/h11-14,17-26,29-30H,5-10,15-16,27-28H2,1-4H3;2*1H/b42-41+;;/t29-,30+;;. The molecule has 0 saturated carbocycles. The highest BCUT2D eigenvalue weighted by Crippen LogP contribution is 2.41. The van der Waals surface area contributed by atoms with Crippen LogP contribution in [-0.2, 0) is 9.59 Å². The monoisotopic (exact) mass is 1050 g/mol. The molecular formula is C48H50Cl6N4O2S4. The first-order chi connectivity index (χ1) is 30.8. The molecule has 2 aliphatic heterocycles. The number of carbonyl (C=O) groups excluding carboxylic acids is 2. The number of amidine groups is 2. The molecule has 6 aromatic rings. The Bertz CT molecular complexity index is 2360. The van der Waals surface area contributed by atoms with Crippen LogP contribution in [0.25, 0.3) is 39.7 Å². The molecular weight excluding hydrogens is 1010 g/mol. The molecule has 4 aromatic heterocycles. The van der Waals surface area contributed by atoms with Crippen molar-refractivity contribution in [1.82, 2.24) is 9.80 Å². The van der Waals surface area contributed by atoms with Gasteiger partial charge in [-0.2, -0.15) is 0 Å². The lowest BCUT2D eigenvalue weighted by molar-refractivity contribution is -0.125. The van der Waals surface area contributed by atoms with Crippen molar-refractivity contribution in [3.63, 3.8) is 0 Å². The zero-order chi connectivity index (χ0) is 45.9. The number of hydrogen-bond acceptors (Lipinski definition) is 8. The van der Waals surface area contributed by atoms with Crippen LogP contribution in [0.5, 0.6) is 0 Å². The lowest BCUT2D eigenvalue weighted by Crippen LogP contribution is -2.38. The number of aliphatic imine (C=N–C) groups is 2. The zero-order valence-corrected chi connectivity index (χ0v) is 43.8. The van der Waals surface area contributed by atoms with E-state index in [4.69, 9.17) is 79.6 Å². The minimum atomic E-state index is -0.750. The molecule has 0 N–H and O–H groups in total. The summed E-state index contributed by atoms with van der Waals surface area (Å²) in [4.78, 5) is 49.8. The van der Waals surface area contributed by atoms with Gasteiger partial charge >= 0.3 is 0 Å². The van der Waals surface area contributed by atoms with Crippen LogP contribution in [0.3, 0.4) is 0 Å². The highest BCUT2D eigenvalue weighted by molar-refractivity contribution is 7.27. The SMILES string of the molecule is CCCC[C@@H](CC)CN1C(=O)/C(=C2\N=C(c3ccc(-c4cc5ccccc5s4)s3)N(C[C@@H](CC)CCCC)C2=O)N=C1c1ccc(-c2cc3ccccc3s2)s1.ClC(Cl)Cl.ClC(Cl)Cl. The van der Waals surface area contributed by atoms with E-state index < -0.39 is 8.59 Å². The first-order valence-corrected chi connectivity index (χ1v) is 27.3. The fraction of sp³-hybridized carbons (Fsp3) is 0.375. The average molecular weight is 1060 g/mol. The Kier molecular flexibility index (Phi) is 19.5. The molecule has 6 nitrogen and oxygen atoms in total. The molecule has 6 heterocycles. The summed E-state index contributed by atoms with van der Waals surface area (Å²) < 4.78 is 1.00. The number of halogens is 6. The van der Waals surface area contributed by atoms with E-state index in [2.05, 4.69) is 113 Å². The van der Waals surface area contributed by atoms with Gasteiger partial charge < -0.3 is 0 Å². The van der Waals surface area contributed by atoms with Gasteiger partial charge in [0.25, 0.3) is 11.8 Å². The van der Waals surface area contributed by atoms with Gasteiger partial charge in [0.2, 0.25) is 0 Å². The normalized spacial score (nSPS) is 16.1. The Morgan fingerprint density at radius 3 is 1.20 bits per heavy atom. The second-order valence-electron chi connectivity index (χ2n) is 15.4. The fourth-order valence-electron chi connectivity index (χ4n) is 7.64. The minimum absolute atomic E-state index is 0.162. The van der Waals surface area contributed by atoms with Crippen LogP contribution in [-0.4, -0.2) is 55.0 Å². The molecule has 2 aliphatic rings. The van der Waals surface area contributed by atoms with Crippen LogP contribution in [0.15, 0.2) is 106 Å². The third-order valence-electron chi connectivity index (χ3n) is 11.0. The number of nitrogens with zero attached hydrogens (tertiary/aromatic N) is 4. The number of fused-ring (bicyclic) bond motifs is 2. The summed E-state index contributed by atoms with van der Waals surface area (Å²) in [5, 5.41) is 2.46. The Balaban J connectivity index is 0.000000786. The molecule has 2 amide bonds. The van der Waals surface area contributed by atoms with Gasteiger partial charge in [-0.25, -0.2) is 9.98 Å². The van der Waals surface area contributed by atoms with Crippen LogP contribution in [0, 0.1) is 11.8 Å². The van der Waals surface area contributed by atoms with Gasteiger partial charge in [0.1, 0.15) is 0 Å². The minimum Gasteiger partial charge on any atom is -0.290 e. The fourth-order valence-corrected chi connectivity index (χ4v) is 11.9. The Morgan fingerprint density at radius 1 is 0.500 bits per heavy atom. The number of thiophene rings is 4. The maximum Gasteiger partial charge on any atom is 0.280 e. The molecule has 0 spiro atoms. The van der Waals surface area contributed by atoms with E-state index >= 15 is 0 Å². The van der Waals surface area contributed by atoms with Gasteiger partial charge in [-0.15, -0.1) is 45.3 Å². The van der Waals surface area contributed by atoms with E-state index in [9.17, 15) is 9.59 Å². The van der Waals surface area contributed by atoms with Gasteiger partial charge in [0, 0.05) is 42.0 Å². The second-order valence-corrected chi connectivity index (χ2v) is 23.6. The van der Waals surface area contributed by atoms with E-state index in [-0.39, 0.29) is 23.2 Å². The summed E-state index contributed by atoms with van der Waals surface area (Å²) in [6.07, 6.45) is 8.44. The van der Waals surface area contributed by atoms with E-state index in [1.54, 1.807) is 45.3 Å².